The Bertz CT molecular complexity index is 717. The van der Waals surface area contributed by atoms with Crippen molar-refractivity contribution in [2.24, 2.45) is 0 Å². The number of amides is 4. The van der Waals surface area contributed by atoms with Crippen molar-refractivity contribution < 1.29 is 14.4 Å². The van der Waals surface area contributed by atoms with Crippen LogP contribution in [0.3, 0.4) is 0 Å². The third-order valence-corrected chi connectivity index (χ3v) is 5.12. The van der Waals surface area contributed by atoms with Crippen molar-refractivity contribution in [3.8, 4) is 0 Å². The first-order valence-corrected chi connectivity index (χ1v) is 9.54. The largest absolute Gasteiger partial charge is 0.336 e. The first-order valence-electron chi connectivity index (χ1n) is 9.54. The van der Waals surface area contributed by atoms with Crippen LogP contribution in [0.1, 0.15) is 65.5 Å². The van der Waals surface area contributed by atoms with Crippen LogP contribution >= 0.6 is 0 Å². The fourth-order valence-corrected chi connectivity index (χ4v) is 3.63. The van der Waals surface area contributed by atoms with E-state index >= 15 is 0 Å². The molecule has 0 spiro atoms. The molecule has 6 nitrogen and oxygen atoms in total. The normalized spacial score (nSPS) is 20.0. The molecule has 1 heterocycles. The van der Waals surface area contributed by atoms with Crippen LogP contribution in [0.15, 0.2) is 24.3 Å². The van der Waals surface area contributed by atoms with Gasteiger partial charge in [-0.3, -0.25) is 14.5 Å². The van der Waals surface area contributed by atoms with Crippen molar-refractivity contribution in [3.63, 3.8) is 0 Å². The lowest BCUT2D eigenvalue weighted by Crippen LogP contribution is -2.49. The molecule has 4 amide bonds. The van der Waals surface area contributed by atoms with Crippen molar-refractivity contribution in [1.82, 2.24) is 15.1 Å². The lowest BCUT2D eigenvalue weighted by molar-refractivity contribution is -0.141. The molecule has 0 aromatic heterocycles. The molecule has 2 rings (SSSR count). The summed E-state index contributed by atoms with van der Waals surface area (Å²) in [5.41, 5.74) is 0.716. The summed E-state index contributed by atoms with van der Waals surface area (Å²) >= 11 is 0. The third-order valence-electron chi connectivity index (χ3n) is 5.12. The second kappa shape index (κ2) is 7.71. The number of urea groups is 1. The Kier molecular flexibility index (Phi) is 5.97. The Hall–Kier alpha value is -2.37. The highest BCUT2D eigenvalue weighted by Crippen LogP contribution is 2.30. The number of hydrogen-bond acceptors (Lipinski definition) is 3. The summed E-state index contributed by atoms with van der Waals surface area (Å²) < 4.78 is 0. The maximum Gasteiger partial charge on any atom is 0.325 e. The summed E-state index contributed by atoms with van der Waals surface area (Å²) in [6.45, 7) is 13.3. The molecular weight excluding hydrogens is 342 g/mol. The molecule has 0 aliphatic carbocycles. The molecule has 1 aromatic rings. The molecule has 27 heavy (non-hydrogen) atoms. The topological polar surface area (TPSA) is 69.7 Å². The molecule has 0 radical (unpaired) electrons. The maximum absolute atomic E-state index is 13.0. The quantitative estimate of drug-likeness (QED) is 0.779. The van der Waals surface area contributed by atoms with Crippen molar-refractivity contribution >= 4 is 17.8 Å². The number of carbonyl (C=O) groups is 3. The maximum atomic E-state index is 13.0. The fraction of sp³-hybridized carbons (Fsp3) is 0.571. The molecule has 1 fully saturated rings. The van der Waals surface area contributed by atoms with E-state index in [0.717, 1.165) is 10.5 Å². The summed E-state index contributed by atoms with van der Waals surface area (Å²) in [7, 11) is 0. The number of nitrogens with one attached hydrogen (secondary N) is 1. The second-order valence-electron chi connectivity index (χ2n) is 8.21. The van der Waals surface area contributed by atoms with Gasteiger partial charge < -0.3 is 10.2 Å². The van der Waals surface area contributed by atoms with E-state index in [0.29, 0.717) is 11.5 Å². The molecule has 1 aliphatic rings. The summed E-state index contributed by atoms with van der Waals surface area (Å²) in [6.07, 6.45) is 0. The van der Waals surface area contributed by atoms with Gasteiger partial charge in [-0.1, -0.05) is 38.1 Å². The minimum Gasteiger partial charge on any atom is -0.336 e. The molecule has 0 bridgehead atoms. The SMILES string of the molecule is CC(C)c1ccc([C@@]2(C)NC(=O)N(CC(=O)N(C(C)C)C(C)C)C2=O)cc1. The lowest BCUT2D eigenvalue weighted by Gasteiger charge is -2.32. The van der Waals surface area contributed by atoms with Gasteiger partial charge in [-0.25, -0.2) is 4.79 Å². The molecule has 6 heteroatoms. The van der Waals surface area contributed by atoms with E-state index < -0.39 is 17.5 Å². The van der Waals surface area contributed by atoms with Gasteiger partial charge in [0.05, 0.1) is 0 Å². The summed E-state index contributed by atoms with van der Waals surface area (Å²) in [5.74, 6) is -0.249. The fourth-order valence-electron chi connectivity index (χ4n) is 3.63. The number of rotatable bonds is 6. The molecular formula is C21H31N3O3. The van der Waals surface area contributed by atoms with Gasteiger partial charge in [0.2, 0.25) is 5.91 Å². The van der Waals surface area contributed by atoms with E-state index in [-0.39, 0.29) is 24.5 Å². The molecule has 0 saturated carbocycles. The van der Waals surface area contributed by atoms with Gasteiger partial charge in [0, 0.05) is 12.1 Å². The van der Waals surface area contributed by atoms with Gasteiger partial charge in [-0.2, -0.15) is 0 Å². The Morgan fingerprint density at radius 3 is 2.00 bits per heavy atom. The van der Waals surface area contributed by atoms with Gasteiger partial charge in [-0.05, 0) is 51.7 Å². The molecule has 1 atom stereocenters. The predicted molar refractivity (Wildman–Crippen MR) is 105 cm³/mol. The van der Waals surface area contributed by atoms with Crippen LogP contribution in [0.25, 0.3) is 0 Å². The Morgan fingerprint density at radius 1 is 1.04 bits per heavy atom. The van der Waals surface area contributed by atoms with E-state index in [9.17, 15) is 14.4 Å². The third kappa shape index (κ3) is 3.99. The van der Waals surface area contributed by atoms with E-state index in [2.05, 4.69) is 19.2 Å². The number of benzene rings is 1. The summed E-state index contributed by atoms with van der Waals surface area (Å²) in [4.78, 5) is 40.9. The average Bonchev–Trinajstić information content (AvgIpc) is 2.78. The molecule has 148 valence electrons. The predicted octanol–water partition coefficient (Wildman–Crippen LogP) is 3.22. The zero-order chi connectivity index (χ0) is 20.5. The van der Waals surface area contributed by atoms with Crippen LogP contribution in [0.2, 0.25) is 0 Å². The van der Waals surface area contributed by atoms with Crippen LogP contribution < -0.4 is 5.32 Å². The smallest absolute Gasteiger partial charge is 0.325 e. The number of carbonyl (C=O) groups excluding carboxylic acids is 3. The van der Waals surface area contributed by atoms with Crippen LogP contribution in [0.4, 0.5) is 4.79 Å². The van der Waals surface area contributed by atoms with Crippen molar-refractivity contribution in [2.75, 3.05) is 6.54 Å². The van der Waals surface area contributed by atoms with Gasteiger partial charge >= 0.3 is 6.03 Å². The van der Waals surface area contributed by atoms with Crippen molar-refractivity contribution in [3.05, 3.63) is 35.4 Å². The van der Waals surface area contributed by atoms with E-state index in [1.807, 2.05) is 52.0 Å². The van der Waals surface area contributed by atoms with Crippen LogP contribution in [-0.2, 0) is 15.1 Å². The van der Waals surface area contributed by atoms with Crippen molar-refractivity contribution in [1.29, 1.82) is 0 Å². The first kappa shape index (κ1) is 20.9. The number of nitrogens with zero attached hydrogens (tertiary/aromatic N) is 2. The van der Waals surface area contributed by atoms with Gasteiger partial charge in [0.1, 0.15) is 12.1 Å². The highest BCUT2D eigenvalue weighted by Gasteiger charge is 2.49. The van der Waals surface area contributed by atoms with Crippen LogP contribution in [0, 0.1) is 0 Å². The molecule has 1 aliphatic heterocycles. The van der Waals surface area contributed by atoms with E-state index in [4.69, 9.17) is 0 Å². The standard InChI is InChI=1S/C21H31N3O3/c1-13(2)16-8-10-17(11-9-16)21(7)19(26)23(20(27)22-21)12-18(25)24(14(3)4)15(5)6/h8-11,13-15H,12H2,1-7H3,(H,22,27)/t21-/m1/s1. The molecule has 0 unspecified atom stereocenters. The Balaban J connectivity index is 2.24. The van der Waals surface area contributed by atoms with E-state index in [1.54, 1.807) is 11.8 Å². The van der Waals surface area contributed by atoms with Crippen LogP contribution in [-0.4, -0.2) is 46.3 Å². The molecule has 1 saturated heterocycles. The Morgan fingerprint density at radius 2 is 1.56 bits per heavy atom. The van der Waals surface area contributed by atoms with Gasteiger partial charge in [0.15, 0.2) is 0 Å². The zero-order valence-electron chi connectivity index (χ0n) is 17.4. The summed E-state index contributed by atoms with van der Waals surface area (Å²) in [5, 5.41) is 2.76. The highest BCUT2D eigenvalue weighted by molar-refractivity contribution is 6.09. The van der Waals surface area contributed by atoms with Crippen LogP contribution in [0.5, 0.6) is 0 Å². The zero-order valence-corrected chi connectivity index (χ0v) is 17.4. The molecule has 1 N–H and O–H groups in total. The first-order chi connectivity index (χ1) is 12.5. The van der Waals surface area contributed by atoms with Crippen molar-refractivity contribution in [2.45, 2.75) is 72.0 Å². The monoisotopic (exact) mass is 373 g/mol. The van der Waals surface area contributed by atoms with Gasteiger partial charge in [-0.15, -0.1) is 0 Å². The minimum atomic E-state index is -1.16. The minimum absolute atomic E-state index is 0.00627. The summed E-state index contributed by atoms with van der Waals surface area (Å²) in [6, 6.07) is 7.13. The van der Waals surface area contributed by atoms with E-state index in [1.165, 1.54) is 0 Å². The molecule has 1 aromatic carbocycles. The van der Waals surface area contributed by atoms with Gasteiger partial charge in [0.25, 0.3) is 5.91 Å². The number of imide groups is 1. The second-order valence-corrected chi connectivity index (χ2v) is 8.21. The Labute approximate surface area is 161 Å². The average molecular weight is 373 g/mol. The number of hydrogen-bond donors (Lipinski definition) is 1. The lowest BCUT2D eigenvalue weighted by atomic mass is 9.90. The highest BCUT2D eigenvalue weighted by atomic mass is 16.2.